The van der Waals surface area contributed by atoms with Crippen LogP contribution in [0.5, 0.6) is 11.5 Å². The van der Waals surface area contributed by atoms with Gasteiger partial charge in [0.2, 0.25) is 0 Å². The van der Waals surface area contributed by atoms with Gasteiger partial charge >= 0.3 is 5.97 Å². The number of benzene rings is 2. The summed E-state index contributed by atoms with van der Waals surface area (Å²) in [7, 11) is 3.08. The molecule has 0 aliphatic heterocycles. The van der Waals surface area contributed by atoms with Crippen molar-refractivity contribution in [2.45, 2.75) is 4.90 Å². The van der Waals surface area contributed by atoms with Crippen molar-refractivity contribution < 1.29 is 23.8 Å². The average molecular weight is 387 g/mol. The van der Waals surface area contributed by atoms with E-state index in [9.17, 15) is 9.59 Å². The first kappa shape index (κ1) is 20.4. The molecular weight excluding hydrogens is 366 g/mol. The molecule has 0 unspecified atom stereocenters. The zero-order valence-corrected chi connectivity index (χ0v) is 16.2. The van der Waals surface area contributed by atoms with E-state index < -0.39 is 11.9 Å². The van der Waals surface area contributed by atoms with Crippen LogP contribution >= 0.6 is 11.8 Å². The van der Waals surface area contributed by atoms with Crippen LogP contribution in [-0.2, 0) is 14.3 Å². The second kappa shape index (κ2) is 10.3. The normalized spacial score (nSPS) is 10.5. The number of nitrogens with one attached hydrogen (secondary N) is 1. The highest BCUT2D eigenvalue weighted by Gasteiger charge is 2.08. The summed E-state index contributed by atoms with van der Waals surface area (Å²) in [5.74, 6) is 0.140. The number of carbonyl (C=O) groups is 2. The maximum Gasteiger partial charge on any atom is 0.331 e. The zero-order chi connectivity index (χ0) is 19.6. The number of amides is 1. The second-order valence-electron chi connectivity index (χ2n) is 5.30. The Balaban J connectivity index is 1.88. The van der Waals surface area contributed by atoms with Crippen LogP contribution in [0.2, 0.25) is 0 Å². The van der Waals surface area contributed by atoms with Crippen molar-refractivity contribution in [2.75, 3.05) is 32.4 Å². The fraction of sp³-hybridized carbons (Fsp3) is 0.200. The lowest BCUT2D eigenvalue weighted by Crippen LogP contribution is -2.20. The summed E-state index contributed by atoms with van der Waals surface area (Å²) in [6.45, 7) is -0.363. The standard InChI is InChI=1S/C20H21NO5S/c1-24-16-10-8-14(12-17(16)25-2)9-11-20(23)26-13-19(22)21-15-6-4-5-7-18(15)27-3/h4-12H,13H2,1-3H3,(H,21,22)/b11-9+. The molecule has 1 amide bonds. The molecule has 1 N–H and O–H groups in total. The number of hydrogen-bond acceptors (Lipinski definition) is 6. The van der Waals surface area contributed by atoms with Gasteiger partial charge in [-0.3, -0.25) is 4.79 Å². The first-order chi connectivity index (χ1) is 13.1. The molecule has 0 fully saturated rings. The van der Waals surface area contributed by atoms with E-state index in [-0.39, 0.29) is 6.61 Å². The monoisotopic (exact) mass is 387 g/mol. The summed E-state index contributed by atoms with van der Waals surface area (Å²) in [5, 5.41) is 2.73. The van der Waals surface area contributed by atoms with E-state index in [0.29, 0.717) is 17.2 Å². The molecule has 0 spiro atoms. The van der Waals surface area contributed by atoms with Crippen LogP contribution in [0.15, 0.2) is 53.4 Å². The molecule has 2 rings (SSSR count). The lowest BCUT2D eigenvalue weighted by molar-refractivity contribution is -0.142. The van der Waals surface area contributed by atoms with Crippen molar-refractivity contribution >= 4 is 35.4 Å². The molecule has 2 aromatic rings. The molecule has 0 aromatic heterocycles. The maximum absolute atomic E-state index is 12.0. The average Bonchev–Trinajstić information content (AvgIpc) is 2.70. The summed E-state index contributed by atoms with van der Waals surface area (Å²) in [5.41, 5.74) is 1.43. The third kappa shape index (κ3) is 6.07. The van der Waals surface area contributed by atoms with Gasteiger partial charge in [0.15, 0.2) is 18.1 Å². The molecule has 0 atom stereocenters. The second-order valence-corrected chi connectivity index (χ2v) is 6.15. The van der Waals surface area contributed by atoms with E-state index in [2.05, 4.69) is 5.32 Å². The Bertz CT molecular complexity index is 835. The summed E-state index contributed by atoms with van der Waals surface area (Å²) in [6, 6.07) is 12.7. The number of ether oxygens (including phenoxy) is 3. The highest BCUT2D eigenvalue weighted by molar-refractivity contribution is 7.98. The number of methoxy groups -OCH3 is 2. The van der Waals surface area contributed by atoms with Gasteiger partial charge in [0, 0.05) is 11.0 Å². The van der Waals surface area contributed by atoms with Gasteiger partial charge in [0.1, 0.15) is 0 Å². The van der Waals surface area contributed by atoms with Gasteiger partial charge in [-0.2, -0.15) is 0 Å². The minimum absolute atomic E-state index is 0.363. The van der Waals surface area contributed by atoms with Crippen LogP contribution in [0, 0.1) is 0 Å². The van der Waals surface area contributed by atoms with E-state index in [1.165, 1.54) is 24.9 Å². The van der Waals surface area contributed by atoms with Crippen LogP contribution in [0.25, 0.3) is 6.08 Å². The van der Waals surface area contributed by atoms with Gasteiger partial charge in [-0.05, 0) is 42.2 Å². The highest BCUT2D eigenvalue weighted by Crippen LogP contribution is 2.28. The minimum atomic E-state index is -0.613. The first-order valence-corrected chi connectivity index (χ1v) is 9.29. The molecule has 27 heavy (non-hydrogen) atoms. The molecular formula is C20H21NO5S. The largest absolute Gasteiger partial charge is 0.493 e. The number of esters is 1. The zero-order valence-electron chi connectivity index (χ0n) is 15.4. The Morgan fingerprint density at radius 3 is 2.52 bits per heavy atom. The summed E-state index contributed by atoms with van der Waals surface area (Å²) in [4.78, 5) is 24.7. The third-order valence-electron chi connectivity index (χ3n) is 3.55. The smallest absolute Gasteiger partial charge is 0.331 e. The van der Waals surface area contributed by atoms with Crippen LogP contribution in [0.3, 0.4) is 0 Å². The molecule has 0 heterocycles. The van der Waals surface area contributed by atoms with Gasteiger partial charge in [0.05, 0.1) is 19.9 Å². The van der Waals surface area contributed by atoms with Gasteiger partial charge in [-0.15, -0.1) is 11.8 Å². The molecule has 6 nitrogen and oxygen atoms in total. The molecule has 142 valence electrons. The predicted octanol–water partition coefficient (Wildman–Crippen LogP) is 3.62. The quantitative estimate of drug-likeness (QED) is 0.424. The number of anilines is 1. The van der Waals surface area contributed by atoms with Crippen LogP contribution in [-0.4, -0.2) is 39.0 Å². The molecule has 2 aromatic carbocycles. The topological polar surface area (TPSA) is 73.9 Å². The van der Waals surface area contributed by atoms with Crippen LogP contribution in [0.4, 0.5) is 5.69 Å². The Morgan fingerprint density at radius 1 is 1.07 bits per heavy atom. The Labute approximate surface area is 162 Å². The maximum atomic E-state index is 12.0. The van der Waals surface area contributed by atoms with Crippen molar-refractivity contribution in [3.05, 3.63) is 54.1 Å². The molecule has 0 saturated carbocycles. The molecule has 0 aliphatic carbocycles. The van der Waals surface area contributed by atoms with E-state index in [0.717, 1.165) is 10.5 Å². The number of thioether (sulfide) groups is 1. The highest BCUT2D eigenvalue weighted by atomic mass is 32.2. The summed E-state index contributed by atoms with van der Waals surface area (Å²) in [6.07, 6.45) is 4.75. The fourth-order valence-electron chi connectivity index (χ4n) is 2.24. The van der Waals surface area contributed by atoms with Crippen molar-refractivity contribution in [3.63, 3.8) is 0 Å². The summed E-state index contributed by atoms with van der Waals surface area (Å²) >= 11 is 1.52. The number of para-hydroxylation sites is 1. The minimum Gasteiger partial charge on any atom is -0.493 e. The predicted molar refractivity (Wildman–Crippen MR) is 106 cm³/mol. The Hall–Kier alpha value is -2.93. The van der Waals surface area contributed by atoms with Gasteiger partial charge in [-0.25, -0.2) is 4.79 Å². The van der Waals surface area contributed by atoms with E-state index in [4.69, 9.17) is 14.2 Å². The molecule has 0 bridgehead atoms. The van der Waals surface area contributed by atoms with Gasteiger partial charge < -0.3 is 19.5 Å². The molecule has 0 aliphatic rings. The van der Waals surface area contributed by atoms with Crippen molar-refractivity contribution in [3.8, 4) is 11.5 Å². The fourth-order valence-corrected chi connectivity index (χ4v) is 2.79. The van der Waals surface area contributed by atoms with Gasteiger partial charge in [0.25, 0.3) is 5.91 Å². The SMILES string of the molecule is COc1ccc(/C=C/C(=O)OCC(=O)Nc2ccccc2SC)cc1OC. The van der Waals surface area contributed by atoms with Gasteiger partial charge in [-0.1, -0.05) is 18.2 Å². The van der Waals surface area contributed by atoms with E-state index >= 15 is 0 Å². The Kier molecular flexibility index (Phi) is 7.76. The van der Waals surface area contributed by atoms with E-state index in [1.54, 1.807) is 37.5 Å². The Morgan fingerprint density at radius 2 is 1.81 bits per heavy atom. The summed E-state index contributed by atoms with van der Waals surface area (Å²) < 4.78 is 15.3. The van der Waals surface area contributed by atoms with E-state index in [1.807, 2.05) is 24.5 Å². The lowest BCUT2D eigenvalue weighted by atomic mass is 10.2. The molecule has 0 radical (unpaired) electrons. The third-order valence-corrected chi connectivity index (χ3v) is 4.34. The van der Waals surface area contributed by atoms with Crippen LogP contribution < -0.4 is 14.8 Å². The molecule has 0 saturated heterocycles. The van der Waals surface area contributed by atoms with Crippen molar-refractivity contribution in [1.82, 2.24) is 0 Å². The first-order valence-electron chi connectivity index (χ1n) is 8.07. The number of hydrogen-bond donors (Lipinski definition) is 1. The van der Waals surface area contributed by atoms with Crippen molar-refractivity contribution in [2.24, 2.45) is 0 Å². The number of rotatable bonds is 8. The lowest BCUT2D eigenvalue weighted by Gasteiger charge is -2.09. The molecule has 7 heteroatoms. The number of carbonyl (C=O) groups excluding carboxylic acids is 2. The van der Waals surface area contributed by atoms with Crippen molar-refractivity contribution in [1.29, 1.82) is 0 Å². The van der Waals surface area contributed by atoms with Crippen LogP contribution in [0.1, 0.15) is 5.56 Å².